The van der Waals surface area contributed by atoms with E-state index in [0.717, 1.165) is 17.9 Å². The Labute approximate surface area is 111 Å². The number of aliphatic hydroxyl groups is 1. The highest BCUT2D eigenvalue weighted by Crippen LogP contribution is 2.45. The minimum atomic E-state index is -0.457. The van der Waals surface area contributed by atoms with Gasteiger partial charge in [0.25, 0.3) is 0 Å². The first kappa shape index (κ1) is 11.8. The Hall–Kier alpha value is -1.26. The Morgan fingerprint density at radius 2 is 2.33 bits per heavy atom. The van der Waals surface area contributed by atoms with Crippen molar-refractivity contribution >= 4 is 11.8 Å². The minimum Gasteiger partial charge on any atom is -0.388 e. The Morgan fingerprint density at radius 1 is 1.50 bits per heavy atom. The smallest absolute Gasteiger partial charge is 0.0897 e. The maximum absolute atomic E-state index is 10.5. The molecule has 0 saturated heterocycles. The SMILES string of the molecule is CCn1cc(C(O)C2CSc3ccccc32)cn1. The normalized spacial score (nSPS) is 19.8. The van der Waals surface area contributed by atoms with Crippen molar-refractivity contribution in [3.63, 3.8) is 0 Å². The predicted octanol–water partition coefficient (Wildman–Crippen LogP) is 2.83. The molecule has 4 heteroatoms. The van der Waals surface area contributed by atoms with Gasteiger partial charge in [0.1, 0.15) is 0 Å². The molecule has 1 aliphatic heterocycles. The molecule has 0 fully saturated rings. The van der Waals surface area contributed by atoms with Gasteiger partial charge in [0.05, 0.1) is 12.3 Å². The van der Waals surface area contributed by atoms with Crippen molar-refractivity contribution in [3.05, 3.63) is 47.8 Å². The summed E-state index contributed by atoms with van der Waals surface area (Å²) in [4.78, 5) is 1.30. The lowest BCUT2D eigenvalue weighted by molar-refractivity contribution is 0.153. The zero-order valence-electron chi connectivity index (χ0n) is 10.3. The van der Waals surface area contributed by atoms with Crippen LogP contribution in [-0.2, 0) is 6.54 Å². The molecule has 0 aliphatic carbocycles. The third kappa shape index (κ3) is 1.95. The molecule has 0 saturated carbocycles. The van der Waals surface area contributed by atoms with E-state index in [1.807, 2.05) is 35.6 Å². The fourth-order valence-corrected chi connectivity index (χ4v) is 3.67. The van der Waals surface area contributed by atoms with Crippen molar-refractivity contribution in [2.75, 3.05) is 5.75 Å². The van der Waals surface area contributed by atoms with Crippen molar-refractivity contribution in [2.45, 2.75) is 30.4 Å². The molecule has 0 spiro atoms. The predicted molar refractivity (Wildman–Crippen MR) is 72.8 cm³/mol. The van der Waals surface area contributed by atoms with Crippen LogP contribution in [0.25, 0.3) is 0 Å². The molecule has 2 atom stereocenters. The summed E-state index contributed by atoms with van der Waals surface area (Å²) in [7, 11) is 0. The van der Waals surface area contributed by atoms with Crippen molar-refractivity contribution in [2.24, 2.45) is 0 Å². The molecule has 3 rings (SSSR count). The van der Waals surface area contributed by atoms with Crippen molar-refractivity contribution < 1.29 is 5.11 Å². The van der Waals surface area contributed by atoms with E-state index in [1.165, 1.54) is 10.5 Å². The van der Waals surface area contributed by atoms with Gasteiger partial charge in [-0.2, -0.15) is 5.10 Å². The van der Waals surface area contributed by atoms with Crippen LogP contribution in [-0.4, -0.2) is 20.6 Å². The summed E-state index contributed by atoms with van der Waals surface area (Å²) >= 11 is 1.82. The Morgan fingerprint density at radius 3 is 3.11 bits per heavy atom. The number of thioether (sulfide) groups is 1. The van der Waals surface area contributed by atoms with Gasteiger partial charge in [-0.15, -0.1) is 11.8 Å². The van der Waals surface area contributed by atoms with E-state index in [2.05, 4.69) is 23.3 Å². The van der Waals surface area contributed by atoms with E-state index in [1.54, 1.807) is 6.20 Å². The summed E-state index contributed by atoms with van der Waals surface area (Å²) in [5.41, 5.74) is 2.18. The lowest BCUT2D eigenvalue weighted by atomic mass is 9.92. The topological polar surface area (TPSA) is 38.0 Å². The molecule has 1 aromatic heterocycles. The standard InChI is InChI=1S/C14H16N2OS/c1-2-16-8-10(7-15-16)14(17)12-9-18-13-6-4-3-5-11(12)13/h3-8,12,14,17H,2,9H2,1H3. The van der Waals surface area contributed by atoms with E-state index < -0.39 is 6.10 Å². The number of fused-ring (bicyclic) bond motifs is 1. The molecule has 3 nitrogen and oxygen atoms in total. The van der Waals surface area contributed by atoms with Gasteiger partial charge in [-0.3, -0.25) is 4.68 Å². The van der Waals surface area contributed by atoms with Crippen LogP contribution in [0.15, 0.2) is 41.6 Å². The van der Waals surface area contributed by atoms with E-state index in [-0.39, 0.29) is 5.92 Å². The number of rotatable bonds is 3. The van der Waals surface area contributed by atoms with Crippen molar-refractivity contribution in [1.29, 1.82) is 0 Å². The summed E-state index contributed by atoms with van der Waals surface area (Å²) < 4.78 is 1.85. The van der Waals surface area contributed by atoms with Crippen LogP contribution in [0.2, 0.25) is 0 Å². The van der Waals surface area contributed by atoms with Crippen LogP contribution in [0.1, 0.15) is 30.1 Å². The molecular formula is C14H16N2OS. The van der Waals surface area contributed by atoms with E-state index >= 15 is 0 Å². The van der Waals surface area contributed by atoms with E-state index in [0.29, 0.717) is 0 Å². The summed E-state index contributed by atoms with van der Waals surface area (Å²) in [5.74, 6) is 1.12. The first-order valence-electron chi connectivity index (χ1n) is 6.21. The van der Waals surface area contributed by atoms with Crippen molar-refractivity contribution in [1.82, 2.24) is 9.78 Å². The molecule has 2 heterocycles. The summed E-state index contributed by atoms with van der Waals surface area (Å²) in [6.45, 7) is 2.88. The van der Waals surface area contributed by atoms with Gasteiger partial charge in [0.15, 0.2) is 0 Å². The van der Waals surface area contributed by atoms with Crippen LogP contribution in [0.3, 0.4) is 0 Å². The first-order valence-corrected chi connectivity index (χ1v) is 7.20. The minimum absolute atomic E-state index is 0.181. The molecule has 0 bridgehead atoms. The second kappa shape index (κ2) is 4.78. The van der Waals surface area contributed by atoms with Crippen LogP contribution in [0.5, 0.6) is 0 Å². The number of nitrogens with zero attached hydrogens (tertiary/aromatic N) is 2. The first-order chi connectivity index (χ1) is 8.79. The van der Waals surface area contributed by atoms with Crippen molar-refractivity contribution in [3.8, 4) is 0 Å². The van der Waals surface area contributed by atoms with Gasteiger partial charge in [-0.05, 0) is 18.6 Å². The van der Waals surface area contributed by atoms with Gasteiger partial charge in [-0.25, -0.2) is 0 Å². The van der Waals surface area contributed by atoms with Gasteiger partial charge < -0.3 is 5.11 Å². The third-order valence-electron chi connectivity index (χ3n) is 3.44. The average molecular weight is 260 g/mol. The molecule has 2 aromatic rings. The van der Waals surface area contributed by atoms with Gasteiger partial charge in [-0.1, -0.05) is 18.2 Å². The van der Waals surface area contributed by atoms with Gasteiger partial charge in [0, 0.05) is 34.9 Å². The zero-order chi connectivity index (χ0) is 12.5. The lowest BCUT2D eigenvalue weighted by Gasteiger charge is -2.17. The van der Waals surface area contributed by atoms with Crippen LogP contribution < -0.4 is 0 Å². The molecule has 18 heavy (non-hydrogen) atoms. The number of hydrogen-bond donors (Lipinski definition) is 1. The number of aliphatic hydroxyl groups excluding tert-OH is 1. The maximum atomic E-state index is 10.5. The fraction of sp³-hybridized carbons (Fsp3) is 0.357. The average Bonchev–Trinajstić information content (AvgIpc) is 3.04. The summed E-state index contributed by atoms with van der Waals surface area (Å²) in [6, 6.07) is 8.34. The molecule has 94 valence electrons. The number of hydrogen-bond acceptors (Lipinski definition) is 3. The maximum Gasteiger partial charge on any atom is 0.0897 e. The van der Waals surface area contributed by atoms with Crippen LogP contribution >= 0.6 is 11.8 Å². The molecule has 1 N–H and O–H groups in total. The van der Waals surface area contributed by atoms with Gasteiger partial charge in [0.2, 0.25) is 0 Å². The van der Waals surface area contributed by atoms with E-state index in [9.17, 15) is 5.11 Å². The highest BCUT2D eigenvalue weighted by atomic mass is 32.2. The summed E-state index contributed by atoms with van der Waals surface area (Å²) in [5, 5.41) is 14.7. The lowest BCUT2D eigenvalue weighted by Crippen LogP contribution is -2.09. The molecule has 0 amide bonds. The molecule has 0 radical (unpaired) electrons. The second-order valence-electron chi connectivity index (χ2n) is 4.53. The highest BCUT2D eigenvalue weighted by molar-refractivity contribution is 7.99. The quantitative estimate of drug-likeness (QED) is 0.922. The van der Waals surface area contributed by atoms with E-state index in [4.69, 9.17) is 0 Å². The number of aryl methyl sites for hydroxylation is 1. The molecule has 2 unspecified atom stereocenters. The number of benzene rings is 1. The summed E-state index contributed by atoms with van der Waals surface area (Å²) in [6.07, 6.45) is 3.26. The Bertz CT molecular complexity index is 552. The molecular weight excluding hydrogens is 244 g/mol. The van der Waals surface area contributed by atoms with Crippen LogP contribution in [0.4, 0.5) is 0 Å². The number of aromatic nitrogens is 2. The van der Waals surface area contributed by atoms with Gasteiger partial charge >= 0.3 is 0 Å². The Balaban J connectivity index is 1.88. The second-order valence-corrected chi connectivity index (χ2v) is 5.59. The van der Waals surface area contributed by atoms with Crippen LogP contribution in [0, 0.1) is 0 Å². The third-order valence-corrected chi connectivity index (χ3v) is 4.65. The fourth-order valence-electron chi connectivity index (χ4n) is 2.39. The molecule has 1 aliphatic rings. The zero-order valence-corrected chi connectivity index (χ0v) is 11.1. The Kier molecular flexibility index (Phi) is 3.14. The highest BCUT2D eigenvalue weighted by Gasteiger charge is 2.30. The molecule has 1 aromatic carbocycles. The monoisotopic (exact) mass is 260 g/mol. The largest absolute Gasteiger partial charge is 0.388 e.